The molecule has 0 amide bonds. The highest BCUT2D eigenvalue weighted by atomic mass is 79.9. The molecule has 0 spiro atoms. The van der Waals surface area contributed by atoms with Crippen molar-refractivity contribution >= 4 is 27.3 Å². The van der Waals surface area contributed by atoms with Gasteiger partial charge in [0.25, 0.3) is 5.56 Å². The Labute approximate surface area is 161 Å². The van der Waals surface area contributed by atoms with E-state index in [2.05, 4.69) is 31.2 Å². The zero-order chi connectivity index (χ0) is 18.7. The van der Waals surface area contributed by atoms with E-state index >= 15 is 0 Å². The van der Waals surface area contributed by atoms with Gasteiger partial charge in [0, 0.05) is 50.1 Å². The Morgan fingerprint density at radius 3 is 2.58 bits per heavy atom. The lowest BCUT2D eigenvalue weighted by atomic mass is 10.0. The Morgan fingerprint density at radius 2 is 1.92 bits per heavy atom. The lowest BCUT2D eigenvalue weighted by Crippen LogP contribution is -2.43. The SMILES string of the molecule is COc1cc(NC2CCCN(c3cnn(C)c(=O)c3Br)C2)cc(OC)c1. The van der Waals surface area contributed by atoms with Gasteiger partial charge in [-0.05, 0) is 28.8 Å². The van der Waals surface area contributed by atoms with Crippen LogP contribution in [0.4, 0.5) is 11.4 Å². The highest BCUT2D eigenvalue weighted by molar-refractivity contribution is 9.10. The fourth-order valence-corrected chi connectivity index (χ4v) is 3.77. The molecular weight excluding hydrogens is 400 g/mol. The van der Waals surface area contributed by atoms with Crippen LogP contribution in [0.2, 0.25) is 0 Å². The largest absolute Gasteiger partial charge is 0.497 e. The zero-order valence-corrected chi connectivity index (χ0v) is 16.7. The van der Waals surface area contributed by atoms with E-state index in [1.54, 1.807) is 27.5 Å². The molecule has 26 heavy (non-hydrogen) atoms. The number of aromatic nitrogens is 2. The summed E-state index contributed by atoms with van der Waals surface area (Å²) in [7, 11) is 4.93. The Hall–Kier alpha value is -2.22. The normalized spacial score (nSPS) is 17.1. The molecule has 2 heterocycles. The Kier molecular flexibility index (Phi) is 5.70. The molecule has 1 atom stereocenters. The fourth-order valence-electron chi connectivity index (χ4n) is 3.16. The van der Waals surface area contributed by atoms with E-state index in [9.17, 15) is 4.79 Å². The van der Waals surface area contributed by atoms with Crippen molar-refractivity contribution in [2.24, 2.45) is 7.05 Å². The summed E-state index contributed by atoms with van der Waals surface area (Å²) in [6, 6.07) is 6.01. The van der Waals surface area contributed by atoms with Crippen molar-refractivity contribution in [1.82, 2.24) is 9.78 Å². The number of halogens is 1. The molecule has 0 aliphatic carbocycles. The molecule has 7 nitrogen and oxygen atoms in total. The van der Waals surface area contributed by atoms with Gasteiger partial charge in [-0.1, -0.05) is 0 Å². The highest BCUT2D eigenvalue weighted by Gasteiger charge is 2.23. The van der Waals surface area contributed by atoms with Gasteiger partial charge < -0.3 is 19.7 Å². The second-order valence-electron chi connectivity index (χ2n) is 6.30. The molecule has 1 unspecified atom stereocenters. The second-order valence-corrected chi connectivity index (χ2v) is 7.10. The summed E-state index contributed by atoms with van der Waals surface area (Å²) in [5.41, 5.74) is 1.66. The second kappa shape index (κ2) is 7.99. The third-order valence-electron chi connectivity index (χ3n) is 4.54. The standard InChI is InChI=1S/C18H23BrN4O3/c1-22-18(24)17(19)16(10-20-22)23-6-4-5-12(11-23)21-13-7-14(25-2)9-15(8-13)26-3/h7-10,12,21H,4-6,11H2,1-3H3. The molecular formula is C18H23BrN4O3. The van der Waals surface area contributed by atoms with Crippen LogP contribution in [0.15, 0.2) is 33.7 Å². The van der Waals surface area contributed by atoms with E-state index in [1.807, 2.05) is 18.2 Å². The average Bonchev–Trinajstić information content (AvgIpc) is 2.66. The number of aryl methyl sites for hydroxylation is 1. The van der Waals surface area contributed by atoms with Gasteiger partial charge in [0.05, 0.1) is 26.1 Å². The van der Waals surface area contributed by atoms with Crippen molar-refractivity contribution in [3.8, 4) is 11.5 Å². The Bertz CT molecular complexity index is 817. The maximum atomic E-state index is 12.1. The quantitative estimate of drug-likeness (QED) is 0.798. The molecule has 1 saturated heterocycles. The van der Waals surface area contributed by atoms with E-state index in [-0.39, 0.29) is 11.6 Å². The van der Waals surface area contributed by atoms with Gasteiger partial charge in [-0.2, -0.15) is 5.10 Å². The van der Waals surface area contributed by atoms with Crippen molar-refractivity contribution < 1.29 is 9.47 Å². The topological polar surface area (TPSA) is 68.6 Å². The summed E-state index contributed by atoms with van der Waals surface area (Å²) in [6.45, 7) is 1.68. The van der Waals surface area contributed by atoms with Crippen molar-refractivity contribution in [1.29, 1.82) is 0 Å². The molecule has 1 fully saturated rings. The molecule has 8 heteroatoms. The lowest BCUT2D eigenvalue weighted by molar-refractivity contribution is 0.394. The van der Waals surface area contributed by atoms with Crippen molar-refractivity contribution in [3.63, 3.8) is 0 Å². The summed E-state index contributed by atoms with van der Waals surface area (Å²) in [4.78, 5) is 14.3. The number of nitrogens with zero attached hydrogens (tertiary/aromatic N) is 3. The molecule has 0 bridgehead atoms. The molecule has 1 aliphatic heterocycles. The van der Waals surface area contributed by atoms with Crippen LogP contribution < -0.4 is 25.2 Å². The van der Waals surface area contributed by atoms with Crippen LogP contribution in [0, 0.1) is 0 Å². The maximum absolute atomic E-state index is 12.1. The minimum atomic E-state index is -0.130. The van der Waals surface area contributed by atoms with Gasteiger partial charge in [0.1, 0.15) is 16.0 Å². The molecule has 1 N–H and O–H groups in total. The van der Waals surface area contributed by atoms with Gasteiger partial charge in [0.2, 0.25) is 0 Å². The van der Waals surface area contributed by atoms with Gasteiger partial charge in [0.15, 0.2) is 0 Å². The van der Waals surface area contributed by atoms with Gasteiger partial charge in [-0.3, -0.25) is 4.79 Å². The molecule has 1 aromatic carbocycles. The number of piperidine rings is 1. The first kappa shape index (κ1) is 18.6. The summed E-state index contributed by atoms with van der Waals surface area (Å²) in [5.74, 6) is 1.50. The first-order chi connectivity index (χ1) is 12.5. The third-order valence-corrected chi connectivity index (χ3v) is 5.29. The molecule has 2 aromatic rings. The van der Waals surface area contributed by atoms with Crippen LogP contribution in [-0.2, 0) is 7.05 Å². The smallest absolute Gasteiger partial charge is 0.282 e. The Balaban J connectivity index is 1.77. The van der Waals surface area contributed by atoms with E-state index in [1.165, 1.54) is 4.68 Å². The minimum absolute atomic E-state index is 0.130. The maximum Gasteiger partial charge on any atom is 0.282 e. The van der Waals surface area contributed by atoms with Crippen molar-refractivity contribution in [3.05, 3.63) is 39.2 Å². The number of hydrogen-bond donors (Lipinski definition) is 1. The number of ether oxygens (including phenoxy) is 2. The average molecular weight is 423 g/mol. The predicted octanol–water partition coefficient (Wildman–Crippen LogP) is 2.64. The first-order valence-electron chi connectivity index (χ1n) is 8.48. The minimum Gasteiger partial charge on any atom is -0.497 e. The van der Waals surface area contributed by atoms with Crippen LogP contribution in [0.25, 0.3) is 0 Å². The Morgan fingerprint density at radius 1 is 1.23 bits per heavy atom. The number of hydrogen-bond acceptors (Lipinski definition) is 6. The number of methoxy groups -OCH3 is 2. The monoisotopic (exact) mass is 422 g/mol. The van der Waals surface area contributed by atoms with Gasteiger partial charge in [-0.25, -0.2) is 4.68 Å². The molecule has 1 aliphatic rings. The number of anilines is 2. The van der Waals surface area contributed by atoms with Gasteiger partial charge in [-0.15, -0.1) is 0 Å². The molecule has 0 radical (unpaired) electrons. The molecule has 140 valence electrons. The van der Waals surface area contributed by atoms with Crippen molar-refractivity contribution in [2.45, 2.75) is 18.9 Å². The summed E-state index contributed by atoms with van der Waals surface area (Å²) in [5, 5.41) is 7.70. The van der Waals surface area contributed by atoms with Crippen LogP contribution >= 0.6 is 15.9 Å². The van der Waals surface area contributed by atoms with E-state index in [0.29, 0.717) is 4.47 Å². The molecule has 3 rings (SSSR count). The summed E-state index contributed by atoms with van der Waals surface area (Å²) >= 11 is 3.42. The molecule has 1 aromatic heterocycles. The molecule has 0 saturated carbocycles. The van der Waals surface area contributed by atoms with Crippen LogP contribution in [0.3, 0.4) is 0 Å². The zero-order valence-electron chi connectivity index (χ0n) is 15.2. The number of benzene rings is 1. The number of rotatable bonds is 5. The van der Waals surface area contributed by atoms with Crippen LogP contribution in [-0.4, -0.2) is 43.1 Å². The van der Waals surface area contributed by atoms with Crippen LogP contribution in [0.1, 0.15) is 12.8 Å². The highest BCUT2D eigenvalue weighted by Crippen LogP contribution is 2.29. The fraction of sp³-hybridized carbons (Fsp3) is 0.444. The van der Waals surface area contributed by atoms with E-state index in [0.717, 1.165) is 48.8 Å². The summed E-state index contributed by atoms with van der Waals surface area (Å²) in [6.07, 6.45) is 3.81. The predicted molar refractivity (Wildman–Crippen MR) is 106 cm³/mol. The summed E-state index contributed by atoms with van der Waals surface area (Å²) < 4.78 is 12.6. The van der Waals surface area contributed by atoms with E-state index < -0.39 is 0 Å². The van der Waals surface area contributed by atoms with Crippen LogP contribution in [0.5, 0.6) is 11.5 Å². The lowest BCUT2D eigenvalue weighted by Gasteiger charge is -2.35. The third kappa shape index (κ3) is 3.95. The van der Waals surface area contributed by atoms with Gasteiger partial charge >= 0.3 is 0 Å². The number of nitrogens with one attached hydrogen (secondary N) is 1. The van der Waals surface area contributed by atoms with Crippen molar-refractivity contribution in [2.75, 3.05) is 37.5 Å². The first-order valence-corrected chi connectivity index (χ1v) is 9.27. The van der Waals surface area contributed by atoms with E-state index in [4.69, 9.17) is 9.47 Å².